The van der Waals surface area contributed by atoms with Crippen LogP contribution >= 0.6 is 12.4 Å². The van der Waals surface area contributed by atoms with Gasteiger partial charge < -0.3 is 5.32 Å². The number of benzene rings is 2. The summed E-state index contributed by atoms with van der Waals surface area (Å²) in [6.45, 7) is 1.37. The SMILES string of the molecule is Cl.FC(F)(F)c1cccc(CCNCc2ccccc2)c1. The summed E-state index contributed by atoms with van der Waals surface area (Å²) in [5, 5.41) is 3.23. The van der Waals surface area contributed by atoms with Gasteiger partial charge in [0.25, 0.3) is 0 Å². The quantitative estimate of drug-likeness (QED) is 0.803. The maximum absolute atomic E-state index is 12.6. The molecule has 0 aliphatic carbocycles. The summed E-state index contributed by atoms with van der Waals surface area (Å²) in [7, 11) is 0. The van der Waals surface area contributed by atoms with Crippen LogP contribution in [0, 0.1) is 0 Å². The van der Waals surface area contributed by atoms with E-state index in [0.29, 0.717) is 18.5 Å². The smallest absolute Gasteiger partial charge is 0.312 e. The zero-order valence-corrected chi connectivity index (χ0v) is 12.2. The number of rotatable bonds is 5. The first kappa shape index (κ1) is 17.5. The fraction of sp³-hybridized carbons (Fsp3) is 0.250. The topological polar surface area (TPSA) is 12.0 Å². The molecule has 0 radical (unpaired) electrons. The first-order chi connectivity index (χ1) is 9.55. The molecule has 0 aliphatic rings. The Kier molecular flexibility index (Phi) is 6.72. The molecular weight excluding hydrogens is 299 g/mol. The Morgan fingerprint density at radius 3 is 2.19 bits per heavy atom. The van der Waals surface area contributed by atoms with Crippen LogP contribution in [-0.2, 0) is 19.1 Å². The minimum absolute atomic E-state index is 0. The van der Waals surface area contributed by atoms with E-state index >= 15 is 0 Å². The lowest BCUT2D eigenvalue weighted by molar-refractivity contribution is -0.137. The van der Waals surface area contributed by atoms with E-state index in [0.717, 1.165) is 18.2 Å². The van der Waals surface area contributed by atoms with Gasteiger partial charge in [0.2, 0.25) is 0 Å². The predicted molar refractivity (Wildman–Crippen MR) is 80.5 cm³/mol. The second kappa shape index (κ2) is 8.05. The standard InChI is InChI=1S/C16H16F3N.ClH/c17-16(18,19)15-8-4-7-13(11-15)9-10-20-12-14-5-2-1-3-6-14;/h1-8,11,20H,9-10,12H2;1H. The highest BCUT2D eigenvalue weighted by molar-refractivity contribution is 5.85. The molecule has 2 aromatic rings. The van der Waals surface area contributed by atoms with Crippen molar-refractivity contribution in [2.24, 2.45) is 0 Å². The number of alkyl halides is 3. The Balaban J connectivity index is 0.00000220. The largest absolute Gasteiger partial charge is 0.416 e. The van der Waals surface area contributed by atoms with Crippen LogP contribution in [0.25, 0.3) is 0 Å². The fourth-order valence-electron chi connectivity index (χ4n) is 1.96. The summed E-state index contributed by atoms with van der Waals surface area (Å²) in [6.07, 6.45) is -3.69. The Bertz CT molecular complexity index is 541. The van der Waals surface area contributed by atoms with Crippen LogP contribution in [0.15, 0.2) is 54.6 Å². The van der Waals surface area contributed by atoms with Gasteiger partial charge in [0.1, 0.15) is 0 Å². The second-order valence-electron chi connectivity index (χ2n) is 4.61. The van der Waals surface area contributed by atoms with Crippen molar-refractivity contribution in [3.8, 4) is 0 Å². The van der Waals surface area contributed by atoms with Crippen LogP contribution in [0.4, 0.5) is 13.2 Å². The molecule has 1 N–H and O–H groups in total. The lowest BCUT2D eigenvalue weighted by Crippen LogP contribution is -2.17. The van der Waals surface area contributed by atoms with Gasteiger partial charge in [-0.3, -0.25) is 0 Å². The van der Waals surface area contributed by atoms with Crippen molar-refractivity contribution in [2.45, 2.75) is 19.1 Å². The van der Waals surface area contributed by atoms with E-state index < -0.39 is 11.7 Å². The van der Waals surface area contributed by atoms with Crippen LogP contribution in [0.3, 0.4) is 0 Å². The van der Waals surface area contributed by atoms with Gasteiger partial charge in [0.15, 0.2) is 0 Å². The molecule has 0 heterocycles. The van der Waals surface area contributed by atoms with Crippen molar-refractivity contribution < 1.29 is 13.2 Å². The minimum atomic E-state index is -4.27. The third kappa shape index (κ3) is 5.78. The lowest BCUT2D eigenvalue weighted by atomic mass is 10.1. The summed E-state index contributed by atoms with van der Waals surface area (Å²) in [4.78, 5) is 0. The first-order valence-corrected chi connectivity index (χ1v) is 6.46. The molecule has 0 unspecified atom stereocenters. The van der Waals surface area contributed by atoms with E-state index in [1.54, 1.807) is 6.07 Å². The molecule has 0 aliphatic heterocycles. The molecule has 5 heteroatoms. The number of hydrogen-bond donors (Lipinski definition) is 1. The van der Waals surface area contributed by atoms with Gasteiger partial charge in [-0.05, 0) is 30.2 Å². The molecule has 1 nitrogen and oxygen atoms in total. The zero-order chi connectivity index (χ0) is 14.4. The second-order valence-corrected chi connectivity index (χ2v) is 4.61. The van der Waals surface area contributed by atoms with E-state index in [-0.39, 0.29) is 12.4 Å². The van der Waals surface area contributed by atoms with Crippen molar-refractivity contribution in [3.63, 3.8) is 0 Å². The number of nitrogens with one attached hydrogen (secondary N) is 1. The van der Waals surface area contributed by atoms with Gasteiger partial charge in [0, 0.05) is 6.54 Å². The molecule has 21 heavy (non-hydrogen) atoms. The third-order valence-corrected chi connectivity index (χ3v) is 3.02. The number of hydrogen-bond acceptors (Lipinski definition) is 1. The monoisotopic (exact) mass is 315 g/mol. The molecular formula is C16H17ClF3N. The molecule has 0 saturated heterocycles. The summed E-state index contributed by atoms with van der Waals surface area (Å²) in [6, 6.07) is 15.4. The average Bonchev–Trinajstić information content (AvgIpc) is 2.44. The van der Waals surface area contributed by atoms with Crippen LogP contribution in [0.2, 0.25) is 0 Å². The maximum atomic E-state index is 12.6. The Hall–Kier alpha value is -1.52. The van der Waals surface area contributed by atoms with Gasteiger partial charge in [-0.15, -0.1) is 12.4 Å². The third-order valence-electron chi connectivity index (χ3n) is 3.02. The predicted octanol–water partition coefficient (Wildman–Crippen LogP) is 4.46. The maximum Gasteiger partial charge on any atom is 0.416 e. The van der Waals surface area contributed by atoms with Gasteiger partial charge >= 0.3 is 6.18 Å². The van der Waals surface area contributed by atoms with E-state index in [1.807, 2.05) is 30.3 Å². The van der Waals surface area contributed by atoms with Crippen molar-refractivity contribution in [1.29, 1.82) is 0 Å². The molecule has 0 amide bonds. The number of halogens is 4. The average molecular weight is 316 g/mol. The Labute approximate surface area is 128 Å². The zero-order valence-electron chi connectivity index (χ0n) is 11.4. The van der Waals surface area contributed by atoms with Crippen molar-refractivity contribution in [3.05, 3.63) is 71.3 Å². The van der Waals surface area contributed by atoms with Gasteiger partial charge in [-0.25, -0.2) is 0 Å². The summed E-state index contributed by atoms with van der Waals surface area (Å²) in [5.41, 5.74) is 1.27. The lowest BCUT2D eigenvalue weighted by Gasteiger charge is -2.09. The Morgan fingerprint density at radius 1 is 0.857 bits per heavy atom. The highest BCUT2D eigenvalue weighted by Crippen LogP contribution is 2.29. The fourth-order valence-corrected chi connectivity index (χ4v) is 1.96. The van der Waals surface area contributed by atoms with E-state index in [4.69, 9.17) is 0 Å². The summed E-state index contributed by atoms with van der Waals surface area (Å²) in [5.74, 6) is 0. The van der Waals surface area contributed by atoms with Crippen molar-refractivity contribution in [1.82, 2.24) is 5.32 Å². The van der Waals surface area contributed by atoms with Crippen LogP contribution < -0.4 is 5.32 Å². The molecule has 0 atom stereocenters. The highest BCUT2D eigenvalue weighted by Gasteiger charge is 2.30. The van der Waals surface area contributed by atoms with Crippen LogP contribution in [0.1, 0.15) is 16.7 Å². The molecule has 0 aromatic heterocycles. The van der Waals surface area contributed by atoms with Gasteiger partial charge in [-0.1, -0.05) is 48.5 Å². The van der Waals surface area contributed by atoms with Gasteiger partial charge in [-0.2, -0.15) is 13.2 Å². The molecule has 0 fully saturated rings. The first-order valence-electron chi connectivity index (χ1n) is 6.46. The summed E-state index contributed by atoms with van der Waals surface area (Å²) >= 11 is 0. The summed E-state index contributed by atoms with van der Waals surface area (Å²) < 4.78 is 37.7. The molecule has 0 spiro atoms. The Morgan fingerprint density at radius 2 is 1.52 bits per heavy atom. The molecule has 114 valence electrons. The normalized spacial score (nSPS) is 11.0. The van der Waals surface area contributed by atoms with E-state index in [9.17, 15) is 13.2 Å². The van der Waals surface area contributed by atoms with Gasteiger partial charge in [0.05, 0.1) is 5.56 Å². The van der Waals surface area contributed by atoms with Crippen molar-refractivity contribution >= 4 is 12.4 Å². The van der Waals surface area contributed by atoms with E-state index in [1.165, 1.54) is 12.1 Å². The molecule has 0 bridgehead atoms. The van der Waals surface area contributed by atoms with Crippen molar-refractivity contribution in [2.75, 3.05) is 6.54 Å². The molecule has 0 saturated carbocycles. The molecule has 2 aromatic carbocycles. The highest BCUT2D eigenvalue weighted by atomic mass is 35.5. The molecule has 2 rings (SSSR count). The minimum Gasteiger partial charge on any atom is -0.312 e. The van der Waals surface area contributed by atoms with E-state index in [2.05, 4.69) is 5.32 Å². The van der Waals surface area contributed by atoms with Crippen LogP contribution in [-0.4, -0.2) is 6.54 Å². The van der Waals surface area contributed by atoms with Crippen LogP contribution in [0.5, 0.6) is 0 Å².